The summed E-state index contributed by atoms with van der Waals surface area (Å²) in [5.74, 6) is -0.292. The molecule has 4 rings (SSSR count). The van der Waals surface area contributed by atoms with E-state index in [0.717, 1.165) is 29.5 Å². The van der Waals surface area contributed by atoms with Crippen molar-refractivity contribution in [2.24, 2.45) is 16.6 Å². The minimum absolute atomic E-state index is 0. The zero-order valence-electron chi connectivity index (χ0n) is 23.6. The van der Waals surface area contributed by atoms with Crippen LogP contribution in [0.25, 0.3) is 11.1 Å². The standard InChI is InChI=1S/C32H37N3O4.2H2O/c1-22(2)34-31(33)26-12-10-24(11-13-26)25-14-16-29(17-15-25)39-21-28-19-27(20-30(36)37)32(38)35(28)18-6-9-23-7-4-3-5-8-23;;/h3-5,7-8,10-17,22,27-28H,6,9,18-21H2,1-2H3,(H2,33,34)(H,36,37);2*1H2/t27-,28-;;/m0../s1. The normalized spacial score (nSPS) is 16.7. The maximum Gasteiger partial charge on any atom is 0.304 e. The molecule has 0 unspecified atom stereocenters. The van der Waals surface area contributed by atoms with Gasteiger partial charge < -0.3 is 31.4 Å². The summed E-state index contributed by atoms with van der Waals surface area (Å²) in [6.45, 7) is 4.90. The highest BCUT2D eigenvalue weighted by molar-refractivity contribution is 5.98. The molecule has 0 spiro atoms. The molecule has 1 fully saturated rings. The van der Waals surface area contributed by atoms with Crippen LogP contribution in [0.1, 0.15) is 44.2 Å². The van der Waals surface area contributed by atoms with Crippen molar-refractivity contribution >= 4 is 17.7 Å². The minimum Gasteiger partial charge on any atom is -0.491 e. The Bertz CT molecular complexity index is 1280. The second-order valence-corrected chi connectivity index (χ2v) is 10.3. The maximum atomic E-state index is 13.0. The third-order valence-electron chi connectivity index (χ3n) is 6.97. The van der Waals surface area contributed by atoms with Crippen LogP contribution in [-0.4, -0.2) is 63.9 Å². The minimum atomic E-state index is -0.947. The van der Waals surface area contributed by atoms with Crippen molar-refractivity contribution in [1.29, 1.82) is 0 Å². The summed E-state index contributed by atoms with van der Waals surface area (Å²) in [5, 5.41) is 9.28. The number of amidine groups is 1. The summed E-state index contributed by atoms with van der Waals surface area (Å²) >= 11 is 0. The molecule has 0 saturated carbocycles. The second kappa shape index (κ2) is 15.5. The Morgan fingerprint density at radius 3 is 2.20 bits per heavy atom. The summed E-state index contributed by atoms with van der Waals surface area (Å²) in [7, 11) is 0. The first-order valence-electron chi connectivity index (χ1n) is 13.5. The van der Waals surface area contributed by atoms with Crippen molar-refractivity contribution in [3.05, 3.63) is 90.0 Å². The molecule has 9 heteroatoms. The number of carbonyl (C=O) groups excluding carboxylic acids is 1. The highest BCUT2D eigenvalue weighted by Gasteiger charge is 2.40. The Morgan fingerprint density at radius 2 is 1.61 bits per heavy atom. The van der Waals surface area contributed by atoms with Crippen LogP contribution in [0.2, 0.25) is 0 Å². The molecular weight excluding hydrogens is 522 g/mol. The lowest BCUT2D eigenvalue weighted by Crippen LogP contribution is -2.38. The lowest BCUT2D eigenvalue weighted by molar-refractivity contribution is -0.142. The van der Waals surface area contributed by atoms with Gasteiger partial charge in [-0.15, -0.1) is 0 Å². The lowest BCUT2D eigenvalue weighted by atomic mass is 10.0. The highest BCUT2D eigenvalue weighted by atomic mass is 16.5. The molecular formula is C32H41N3O6. The number of aryl methyl sites for hydroxylation is 1. The number of hydrogen-bond acceptors (Lipinski definition) is 4. The van der Waals surface area contributed by atoms with E-state index in [0.29, 0.717) is 31.2 Å². The molecule has 0 radical (unpaired) electrons. The van der Waals surface area contributed by atoms with Crippen LogP contribution in [0.5, 0.6) is 5.75 Å². The van der Waals surface area contributed by atoms with Crippen molar-refractivity contribution in [2.45, 2.75) is 51.6 Å². The van der Waals surface area contributed by atoms with Gasteiger partial charge in [-0.3, -0.25) is 14.6 Å². The van der Waals surface area contributed by atoms with Gasteiger partial charge >= 0.3 is 5.97 Å². The van der Waals surface area contributed by atoms with Gasteiger partial charge in [-0.05, 0) is 61.9 Å². The van der Waals surface area contributed by atoms with Crippen molar-refractivity contribution in [3.63, 3.8) is 0 Å². The van der Waals surface area contributed by atoms with Crippen molar-refractivity contribution < 1.29 is 30.4 Å². The van der Waals surface area contributed by atoms with E-state index in [1.54, 1.807) is 0 Å². The summed E-state index contributed by atoms with van der Waals surface area (Å²) < 4.78 is 6.09. The van der Waals surface area contributed by atoms with E-state index in [9.17, 15) is 14.7 Å². The monoisotopic (exact) mass is 563 g/mol. The molecule has 1 aliphatic rings. The van der Waals surface area contributed by atoms with Gasteiger partial charge in [-0.25, -0.2) is 0 Å². The number of hydrogen-bond donors (Lipinski definition) is 2. The zero-order valence-corrected chi connectivity index (χ0v) is 23.6. The number of carboxylic acids is 1. The van der Waals surface area contributed by atoms with Crippen LogP contribution in [0.4, 0.5) is 0 Å². The van der Waals surface area contributed by atoms with Gasteiger partial charge in [0, 0.05) is 18.2 Å². The van der Waals surface area contributed by atoms with E-state index in [-0.39, 0.29) is 35.4 Å². The van der Waals surface area contributed by atoms with Crippen molar-refractivity contribution in [1.82, 2.24) is 4.90 Å². The largest absolute Gasteiger partial charge is 0.491 e. The van der Waals surface area contributed by atoms with Crippen LogP contribution in [0.15, 0.2) is 83.9 Å². The molecule has 1 saturated heterocycles. The molecule has 220 valence electrons. The Morgan fingerprint density at radius 1 is 1.00 bits per heavy atom. The van der Waals surface area contributed by atoms with Crippen LogP contribution < -0.4 is 10.5 Å². The molecule has 2 atom stereocenters. The molecule has 0 bridgehead atoms. The third-order valence-corrected chi connectivity index (χ3v) is 6.97. The predicted octanol–water partition coefficient (Wildman–Crippen LogP) is 3.52. The SMILES string of the molecule is CC(C)N=C(N)c1ccc(-c2ccc(OC[C@@H]3C[C@@H](CC(=O)O)C(=O)N3CCCc3ccccc3)cc2)cc1.O.O. The number of nitrogens with two attached hydrogens (primary N) is 1. The summed E-state index contributed by atoms with van der Waals surface area (Å²) in [6, 6.07) is 26.0. The van der Waals surface area contributed by atoms with Gasteiger partial charge in [-0.1, -0.05) is 66.7 Å². The van der Waals surface area contributed by atoms with Crippen LogP contribution in [-0.2, 0) is 16.0 Å². The number of aliphatic carboxylic acids is 1. The Labute approximate surface area is 241 Å². The van der Waals surface area contributed by atoms with E-state index in [2.05, 4.69) is 17.1 Å². The average molecular weight is 564 g/mol. The number of benzene rings is 3. The van der Waals surface area contributed by atoms with Gasteiger partial charge in [0.2, 0.25) is 5.91 Å². The summed E-state index contributed by atoms with van der Waals surface area (Å²) in [4.78, 5) is 30.6. The summed E-state index contributed by atoms with van der Waals surface area (Å²) in [6.07, 6.45) is 2.02. The van der Waals surface area contributed by atoms with E-state index >= 15 is 0 Å². The number of carboxylic acid groups (broad SMARTS) is 1. The third kappa shape index (κ3) is 9.16. The zero-order chi connectivity index (χ0) is 27.8. The Hall–Kier alpha value is -4.21. The van der Waals surface area contributed by atoms with Gasteiger partial charge in [-0.2, -0.15) is 0 Å². The number of rotatable bonds is 12. The molecule has 1 heterocycles. The van der Waals surface area contributed by atoms with Gasteiger partial charge in [0.1, 0.15) is 18.2 Å². The molecule has 1 aliphatic heterocycles. The summed E-state index contributed by atoms with van der Waals surface area (Å²) in [5.41, 5.74) is 10.3. The molecule has 3 aromatic carbocycles. The Balaban J connectivity index is 0.00000294. The molecule has 7 N–H and O–H groups in total. The van der Waals surface area contributed by atoms with E-state index in [1.807, 2.05) is 85.5 Å². The van der Waals surface area contributed by atoms with Crippen LogP contribution >= 0.6 is 0 Å². The van der Waals surface area contributed by atoms with E-state index in [1.165, 1.54) is 5.56 Å². The fourth-order valence-corrected chi connectivity index (χ4v) is 5.02. The molecule has 1 amide bonds. The number of carbonyl (C=O) groups is 2. The molecule has 41 heavy (non-hydrogen) atoms. The van der Waals surface area contributed by atoms with Gasteiger partial charge in [0.15, 0.2) is 0 Å². The predicted molar refractivity (Wildman–Crippen MR) is 161 cm³/mol. The number of nitrogens with zero attached hydrogens (tertiary/aromatic N) is 2. The first-order chi connectivity index (χ1) is 18.8. The number of ether oxygens (including phenoxy) is 1. The second-order valence-electron chi connectivity index (χ2n) is 10.3. The van der Waals surface area contributed by atoms with Crippen LogP contribution in [0.3, 0.4) is 0 Å². The number of aliphatic imine (C=N–C) groups is 1. The van der Waals surface area contributed by atoms with Gasteiger partial charge in [0.05, 0.1) is 18.4 Å². The fourth-order valence-electron chi connectivity index (χ4n) is 5.02. The maximum absolute atomic E-state index is 13.0. The average Bonchev–Trinajstić information content (AvgIpc) is 3.21. The highest BCUT2D eigenvalue weighted by Crippen LogP contribution is 2.29. The molecule has 9 nitrogen and oxygen atoms in total. The number of likely N-dealkylation sites (tertiary alicyclic amines) is 1. The van der Waals surface area contributed by atoms with Crippen LogP contribution in [0, 0.1) is 5.92 Å². The first-order valence-corrected chi connectivity index (χ1v) is 13.5. The Kier molecular flexibility index (Phi) is 12.5. The molecule has 0 aromatic heterocycles. The molecule has 3 aromatic rings. The van der Waals surface area contributed by atoms with Crippen molar-refractivity contribution in [3.8, 4) is 16.9 Å². The van der Waals surface area contributed by atoms with E-state index in [4.69, 9.17) is 10.5 Å². The quantitative estimate of drug-likeness (QED) is 0.253. The topological polar surface area (TPSA) is 168 Å². The lowest BCUT2D eigenvalue weighted by Gasteiger charge is -2.25. The van der Waals surface area contributed by atoms with Gasteiger partial charge in [0.25, 0.3) is 0 Å². The first kappa shape index (κ1) is 33.0. The van der Waals surface area contributed by atoms with Crippen molar-refractivity contribution in [2.75, 3.05) is 13.2 Å². The smallest absolute Gasteiger partial charge is 0.304 e. The number of amides is 1. The van der Waals surface area contributed by atoms with E-state index < -0.39 is 11.9 Å². The fraction of sp³-hybridized carbons (Fsp3) is 0.344. The molecule has 0 aliphatic carbocycles.